The Morgan fingerprint density at radius 1 is 1.04 bits per heavy atom. The lowest BCUT2D eigenvalue weighted by Gasteiger charge is -2.19. The minimum atomic E-state index is -3.56. The molecule has 0 aliphatic rings. The van der Waals surface area contributed by atoms with Gasteiger partial charge in [-0.2, -0.15) is 4.31 Å². The fourth-order valence-corrected chi connectivity index (χ4v) is 4.89. The summed E-state index contributed by atoms with van der Waals surface area (Å²) in [5, 5.41) is 2.81. The monoisotopic (exact) mass is 392 g/mol. The van der Waals surface area contributed by atoms with Crippen molar-refractivity contribution in [2.24, 2.45) is 0 Å². The molecule has 0 atom stereocenters. The van der Waals surface area contributed by atoms with Crippen LogP contribution in [0.3, 0.4) is 0 Å². The van der Waals surface area contributed by atoms with Crippen molar-refractivity contribution in [3.05, 3.63) is 54.1 Å². The maximum absolute atomic E-state index is 12.7. The second-order valence-corrected chi connectivity index (χ2v) is 8.74. The zero-order valence-corrected chi connectivity index (χ0v) is 16.9. The van der Waals surface area contributed by atoms with Crippen molar-refractivity contribution in [3.8, 4) is 0 Å². The van der Waals surface area contributed by atoms with Gasteiger partial charge < -0.3 is 5.32 Å². The van der Waals surface area contributed by atoms with Gasteiger partial charge in [0, 0.05) is 23.7 Å². The highest BCUT2D eigenvalue weighted by Gasteiger charge is 2.22. The molecule has 1 amide bonds. The number of amides is 1. The van der Waals surface area contributed by atoms with Crippen molar-refractivity contribution in [2.75, 3.05) is 24.2 Å². The highest BCUT2D eigenvalue weighted by molar-refractivity contribution is 7.99. The lowest BCUT2D eigenvalue weighted by Crippen LogP contribution is -2.30. The molecular weight excluding hydrogens is 368 g/mol. The van der Waals surface area contributed by atoms with Gasteiger partial charge in [-0.05, 0) is 36.1 Å². The molecule has 2 rings (SSSR count). The van der Waals surface area contributed by atoms with E-state index in [9.17, 15) is 13.2 Å². The zero-order valence-electron chi connectivity index (χ0n) is 15.2. The van der Waals surface area contributed by atoms with Gasteiger partial charge in [0.1, 0.15) is 0 Å². The molecule has 2 aromatic rings. The van der Waals surface area contributed by atoms with Crippen molar-refractivity contribution >= 4 is 33.4 Å². The number of rotatable bonds is 8. The van der Waals surface area contributed by atoms with Gasteiger partial charge in [-0.3, -0.25) is 4.79 Å². The summed E-state index contributed by atoms with van der Waals surface area (Å²) >= 11 is 1.59. The number of hydrogen-bond donors (Lipinski definition) is 1. The Labute approximate surface area is 159 Å². The molecule has 0 aliphatic carbocycles. The van der Waals surface area contributed by atoms with Crippen LogP contribution in [0.15, 0.2) is 58.3 Å². The van der Waals surface area contributed by atoms with E-state index in [1.54, 1.807) is 49.9 Å². The highest BCUT2D eigenvalue weighted by atomic mass is 32.2. The van der Waals surface area contributed by atoms with Crippen LogP contribution in [-0.2, 0) is 10.0 Å². The number of sulfonamides is 1. The van der Waals surface area contributed by atoms with E-state index in [1.165, 1.54) is 10.4 Å². The van der Waals surface area contributed by atoms with Crippen LogP contribution in [0.4, 0.5) is 5.69 Å². The average molecular weight is 393 g/mol. The number of hydrogen-bond acceptors (Lipinski definition) is 4. The van der Waals surface area contributed by atoms with Gasteiger partial charge in [0.05, 0.1) is 10.5 Å². The first-order valence-corrected chi connectivity index (χ1v) is 11.0. The maximum Gasteiger partial charge on any atom is 0.256 e. The Morgan fingerprint density at radius 3 is 2.38 bits per heavy atom. The van der Waals surface area contributed by atoms with E-state index in [0.29, 0.717) is 24.3 Å². The fourth-order valence-electron chi connectivity index (χ4n) is 2.58. The summed E-state index contributed by atoms with van der Waals surface area (Å²) in [5.74, 6) is 0.612. The summed E-state index contributed by atoms with van der Waals surface area (Å²) in [6.45, 7) is 6.43. The fraction of sp³-hybridized carbons (Fsp3) is 0.316. The molecule has 2 aromatic carbocycles. The standard InChI is InChI=1S/C19H24N2O3S2/c1-4-21(5-2)26(23,24)16-11-9-10-15(14-16)20-19(22)17-12-7-8-13-18(17)25-6-3/h7-14H,4-6H2,1-3H3,(H,20,22). The van der Waals surface area contributed by atoms with Crippen molar-refractivity contribution in [1.29, 1.82) is 0 Å². The second kappa shape index (κ2) is 9.21. The molecule has 0 saturated carbocycles. The molecule has 0 aromatic heterocycles. The molecule has 0 saturated heterocycles. The summed E-state index contributed by atoms with van der Waals surface area (Å²) in [4.78, 5) is 13.7. The van der Waals surface area contributed by atoms with E-state index in [1.807, 2.05) is 25.1 Å². The van der Waals surface area contributed by atoms with Crippen LogP contribution in [0, 0.1) is 0 Å². The van der Waals surface area contributed by atoms with Crippen molar-refractivity contribution in [1.82, 2.24) is 4.31 Å². The van der Waals surface area contributed by atoms with Crippen molar-refractivity contribution in [2.45, 2.75) is 30.6 Å². The minimum absolute atomic E-state index is 0.176. The van der Waals surface area contributed by atoms with Crippen LogP contribution in [0.2, 0.25) is 0 Å². The first-order chi connectivity index (χ1) is 12.4. The lowest BCUT2D eigenvalue weighted by molar-refractivity contribution is 0.102. The van der Waals surface area contributed by atoms with E-state index < -0.39 is 10.0 Å². The average Bonchev–Trinajstić information content (AvgIpc) is 2.63. The van der Waals surface area contributed by atoms with E-state index in [4.69, 9.17) is 0 Å². The molecular formula is C19H24N2O3S2. The number of thioether (sulfide) groups is 1. The SMILES string of the molecule is CCSc1ccccc1C(=O)Nc1cccc(S(=O)(=O)N(CC)CC)c1. The Balaban J connectivity index is 2.28. The molecule has 140 valence electrons. The normalized spacial score (nSPS) is 11.5. The van der Waals surface area contributed by atoms with Gasteiger partial charge in [0.25, 0.3) is 5.91 Å². The number of carbonyl (C=O) groups excluding carboxylic acids is 1. The van der Waals surface area contributed by atoms with E-state index in [0.717, 1.165) is 10.6 Å². The number of carbonyl (C=O) groups is 1. The summed E-state index contributed by atoms with van der Waals surface area (Å²) in [5.41, 5.74) is 1.04. The van der Waals surface area contributed by atoms with Gasteiger partial charge in [0.2, 0.25) is 10.0 Å². The molecule has 1 N–H and O–H groups in total. The van der Waals surface area contributed by atoms with E-state index in [2.05, 4.69) is 5.32 Å². The zero-order chi connectivity index (χ0) is 19.2. The summed E-state index contributed by atoms with van der Waals surface area (Å²) in [6.07, 6.45) is 0. The number of benzene rings is 2. The third-order valence-corrected chi connectivity index (χ3v) is 6.87. The molecule has 0 bridgehead atoms. The first kappa shape index (κ1) is 20.5. The number of anilines is 1. The third-order valence-electron chi connectivity index (χ3n) is 3.87. The highest BCUT2D eigenvalue weighted by Crippen LogP contribution is 2.24. The van der Waals surface area contributed by atoms with Crippen LogP contribution in [0.5, 0.6) is 0 Å². The quantitative estimate of drug-likeness (QED) is 0.688. The maximum atomic E-state index is 12.7. The van der Waals surface area contributed by atoms with Crippen molar-refractivity contribution < 1.29 is 13.2 Å². The van der Waals surface area contributed by atoms with Crippen LogP contribution in [0.1, 0.15) is 31.1 Å². The summed E-state index contributed by atoms with van der Waals surface area (Å²) in [6, 6.07) is 13.8. The molecule has 0 radical (unpaired) electrons. The van der Waals surface area contributed by atoms with Crippen LogP contribution >= 0.6 is 11.8 Å². The molecule has 0 fully saturated rings. The van der Waals surface area contributed by atoms with Crippen LogP contribution in [-0.4, -0.2) is 37.5 Å². The second-order valence-electron chi connectivity index (χ2n) is 5.50. The molecule has 26 heavy (non-hydrogen) atoms. The predicted molar refractivity (Wildman–Crippen MR) is 107 cm³/mol. The molecule has 0 aliphatic heterocycles. The Morgan fingerprint density at radius 2 is 1.73 bits per heavy atom. The smallest absolute Gasteiger partial charge is 0.256 e. The topological polar surface area (TPSA) is 66.5 Å². The van der Waals surface area contributed by atoms with Crippen LogP contribution < -0.4 is 5.32 Å². The van der Waals surface area contributed by atoms with E-state index >= 15 is 0 Å². The Kier molecular flexibility index (Phi) is 7.25. The van der Waals surface area contributed by atoms with Gasteiger partial charge in [-0.15, -0.1) is 11.8 Å². The summed E-state index contributed by atoms with van der Waals surface area (Å²) < 4.78 is 26.7. The molecule has 0 heterocycles. The minimum Gasteiger partial charge on any atom is -0.322 e. The largest absolute Gasteiger partial charge is 0.322 e. The van der Waals surface area contributed by atoms with Crippen LogP contribution in [0.25, 0.3) is 0 Å². The Bertz CT molecular complexity index is 863. The molecule has 7 heteroatoms. The molecule has 0 unspecified atom stereocenters. The van der Waals surface area contributed by atoms with Crippen molar-refractivity contribution in [3.63, 3.8) is 0 Å². The van der Waals surface area contributed by atoms with Gasteiger partial charge in [0.15, 0.2) is 0 Å². The predicted octanol–water partition coefficient (Wildman–Crippen LogP) is 4.08. The van der Waals surface area contributed by atoms with Gasteiger partial charge in [-0.25, -0.2) is 8.42 Å². The third kappa shape index (κ3) is 4.66. The van der Waals surface area contributed by atoms with E-state index in [-0.39, 0.29) is 10.8 Å². The first-order valence-electron chi connectivity index (χ1n) is 8.57. The van der Waals surface area contributed by atoms with Gasteiger partial charge >= 0.3 is 0 Å². The molecule has 0 spiro atoms. The number of nitrogens with zero attached hydrogens (tertiary/aromatic N) is 1. The number of nitrogens with one attached hydrogen (secondary N) is 1. The van der Waals surface area contributed by atoms with Gasteiger partial charge in [-0.1, -0.05) is 39.0 Å². The Hall–Kier alpha value is -1.83. The molecule has 5 nitrogen and oxygen atoms in total. The lowest BCUT2D eigenvalue weighted by atomic mass is 10.2. The summed E-state index contributed by atoms with van der Waals surface area (Å²) in [7, 11) is -3.56.